The average molecular weight is 503 g/mol. The molecule has 0 aliphatic carbocycles. The smallest absolute Gasteiger partial charge is 0.410 e. The van der Waals surface area contributed by atoms with Crippen LogP contribution in [-0.2, 0) is 22.5 Å². The Morgan fingerprint density at radius 3 is 2.44 bits per heavy atom. The summed E-state index contributed by atoms with van der Waals surface area (Å²) < 4.78 is 16.6. The summed E-state index contributed by atoms with van der Waals surface area (Å²) in [5.41, 5.74) is 4.19. The predicted octanol–water partition coefficient (Wildman–Crippen LogP) is 6.76. The molecule has 0 unspecified atom stereocenters. The van der Waals surface area contributed by atoms with Crippen molar-refractivity contribution in [3.8, 4) is 0 Å². The van der Waals surface area contributed by atoms with Crippen LogP contribution in [0.1, 0.15) is 91.0 Å². The minimum atomic E-state index is -0.462. The number of likely N-dealkylation sites (tertiary alicyclic amines) is 1. The Hall–Kier alpha value is -2.38. The molecule has 202 valence electrons. The first kappa shape index (κ1) is 29.8. The zero-order valence-electron chi connectivity index (χ0n) is 23.4. The third-order valence-electron chi connectivity index (χ3n) is 6.34. The Morgan fingerprint density at radius 1 is 1.17 bits per heavy atom. The highest BCUT2D eigenvalue weighted by Crippen LogP contribution is 2.33. The lowest BCUT2D eigenvalue weighted by molar-refractivity contribution is 0.0181. The average Bonchev–Trinajstić information content (AvgIpc) is 3.32. The van der Waals surface area contributed by atoms with Gasteiger partial charge < -0.3 is 24.0 Å². The van der Waals surface area contributed by atoms with E-state index in [2.05, 4.69) is 23.4 Å². The molecule has 1 N–H and O–H groups in total. The molecule has 4 rings (SSSR count). The maximum Gasteiger partial charge on any atom is 0.410 e. The Labute approximate surface area is 216 Å². The van der Waals surface area contributed by atoms with Crippen molar-refractivity contribution in [1.29, 1.82) is 0 Å². The van der Waals surface area contributed by atoms with Gasteiger partial charge in [0.15, 0.2) is 5.58 Å². The maximum absolute atomic E-state index is 12.3. The lowest BCUT2D eigenvalue weighted by Gasteiger charge is -2.33. The number of amides is 1. The highest BCUT2D eigenvalue weighted by atomic mass is 16.6. The number of fused-ring (bicyclic) bond motifs is 1. The van der Waals surface area contributed by atoms with E-state index in [0.29, 0.717) is 24.7 Å². The lowest BCUT2D eigenvalue weighted by Crippen LogP contribution is -2.41. The van der Waals surface area contributed by atoms with Gasteiger partial charge in [-0.2, -0.15) is 0 Å². The summed E-state index contributed by atoms with van der Waals surface area (Å²) in [4.78, 5) is 14.1. The zero-order chi connectivity index (χ0) is 26.7. The summed E-state index contributed by atoms with van der Waals surface area (Å²) in [5.74, 6) is 0.546. The first-order valence-electron chi connectivity index (χ1n) is 13.6. The lowest BCUT2D eigenvalue weighted by atomic mass is 9.90. The van der Waals surface area contributed by atoms with Crippen LogP contribution in [0, 0.1) is 5.92 Å². The standard InChI is InChI=1S/C25H34N2O5.2C2H6/c1-25(2,3)31-24(29)27-12-8-17(9-13-27)4-7-22-20-6-5-19(18-10-14-30-15-11-18)21(16-28)23(20)32-26-22;2*1-2/h5-6,10,17,28H,4,7-9,11-16H2,1-3H3;2*1-2H3. The van der Waals surface area contributed by atoms with Crippen molar-refractivity contribution in [3.63, 3.8) is 0 Å². The second-order valence-electron chi connectivity index (χ2n) is 9.76. The molecule has 0 saturated carbocycles. The number of rotatable bonds is 5. The van der Waals surface area contributed by atoms with Crippen molar-refractivity contribution in [3.05, 3.63) is 35.0 Å². The molecule has 36 heavy (non-hydrogen) atoms. The third kappa shape index (κ3) is 7.81. The number of nitrogens with zero attached hydrogens (tertiary/aromatic N) is 2. The molecule has 1 saturated heterocycles. The quantitative estimate of drug-likeness (QED) is 0.486. The Bertz CT molecular complexity index is 981. The molecule has 7 nitrogen and oxygen atoms in total. The molecular weight excluding hydrogens is 456 g/mol. The fourth-order valence-corrected chi connectivity index (χ4v) is 4.59. The summed E-state index contributed by atoms with van der Waals surface area (Å²) in [5, 5.41) is 15.4. The van der Waals surface area contributed by atoms with Crippen LogP contribution in [-0.4, -0.2) is 53.2 Å². The number of aliphatic hydroxyl groups excluding tert-OH is 1. The van der Waals surface area contributed by atoms with Crippen molar-refractivity contribution in [1.82, 2.24) is 10.1 Å². The number of hydrogen-bond acceptors (Lipinski definition) is 6. The molecule has 1 amide bonds. The first-order chi connectivity index (χ1) is 17.4. The van der Waals surface area contributed by atoms with E-state index in [1.54, 1.807) is 0 Å². The van der Waals surface area contributed by atoms with E-state index in [-0.39, 0.29) is 12.7 Å². The van der Waals surface area contributed by atoms with Gasteiger partial charge in [0, 0.05) is 24.0 Å². The summed E-state index contributed by atoms with van der Waals surface area (Å²) in [6.45, 7) is 16.4. The highest BCUT2D eigenvalue weighted by molar-refractivity contribution is 5.88. The molecule has 1 aromatic heterocycles. The SMILES string of the molecule is CC.CC.CC(C)(C)OC(=O)N1CCC(CCc2noc3c(CO)c(C4=CCOCC4)ccc23)CC1. The van der Waals surface area contributed by atoms with E-state index in [1.165, 1.54) is 5.57 Å². The van der Waals surface area contributed by atoms with Gasteiger partial charge in [0.1, 0.15) is 5.60 Å². The van der Waals surface area contributed by atoms with E-state index in [1.807, 2.05) is 53.4 Å². The third-order valence-corrected chi connectivity index (χ3v) is 6.34. The number of hydrogen-bond donors (Lipinski definition) is 1. The number of aromatic nitrogens is 1. The fourth-order valence-electron chi connectivity index (χ4n) is 4.59. The first-order valence-corrected chi connectivity index (χ1v) is 13.6. The van der Waals surface area contributed by atoms with Gasteiger partial charge in [0.2, 0.25) is 0 Å². The van der Waals surface area contributed by atoms with Crippen molar-refractivity contribution in [2.45, 2.75) is 92.8 Å². The summed E-state index contributed by atoms with van der Waals surface area (Å²) in [6, 6.07) is 4.14. The van der Waals surface area contributed by atoms with Crippen molar-refractivity contribution >= 4 is 22.6 Å². The van der Waals surface area contributed by atoms with Crippen LogP contribution in [0.2, 0.25) is 0 Å². The number of aliphatic hydroxyl groups is 1. The van der Waals surface area contributed by atoms with E-state index in [4.69, 9.17) is 14.0 Å². The van der Waals surface area contributed by atoms with Gasteiger partial charge in [0.05, 0.1) is 25.5 Å². The number of aryl methyl sites for hydroxylation is 1. The normalized spacial score (nSPS) is 16.4. The van der Waals surface area contributed by atoms with Gasteiger partial charge in [0.25, 0.3) is 0 Å². The van der Waals surface area contributed by atoms with Gasteiger partial charge in [-0.3, -0.25) is 0 Å². The minimum absolute atomic E-state index is 0.0807. The molecule has 2 aromatic rings. The van der Waals surface area contributed by atoms with Gasteiger partial charge in [-0.1, -0.05) is 45.0 Å². The molecule has 3 heterocycles. The van der Waals surface area contributed by atoms with E-state index < -0.39 is 5.60 Å². The molecule has 0 spiro atoms. The zero-order valence-corrected chi connectivity index (χ0v) is 23.4. The number of carbonyl (C=O) groups excluding carboxylic acids is 1. The van der Waals surface area contributed by atoms with Crippen LogP contribution in [0.5, 0.6) is 0 Å². The van der Waals surface area contributed by atoms with Gasteiger partial charge in [-0.05, 0) is 76.0 Å². The Morgan fingerprint density at radius 2 is 1.86 bits per heavy atom. The number of benzene rings is 1. The number of ether oxygens (including phenoxy) is 2. The Kier molecular flexibility index (Phi) is 11.9. The summed E-state index contributed by atoms with van der Waals surface area (Å²) in [6.07, 6.45) is 6.46. The predicted molar refractivity (Wildman–Crippen MR) is 145 cm³/mol. The molecule has 0 radical (unpaired) electrons. The van der Waals surface area contributed by atoms with Crippen LogP contribution < -0.4 is 0 Å². The molecular formula is C29H46N2O5. The second-order valence-corrected chi connectivity index (χ2v) is 9.76. The largest absolute Gasteiger partial charge is 0.444 e. The van der Waals surface area contributed by atoms with E-state index >= 15 is 0 Å². The van der Waals surface area contributed by atoms with Gasteiger partial charge in [-0.25, -0.2) is 4.79 Å². The molecule has 1 fully saturated rings. The van der Waals surface area contributed by atoms with Crippen molar-refractivity contribution in [2.75, 3.05) is 26.3 Å². The monoisotopic (exact) mass is 502 g/mol. The second kappa shape index (κ2) is 14.4. The summed E-state index contributed by atoms with van der Waals surface area (Å²) >= 11 is 0. The molecule has 7 heteroatoms. The number of carbonyl (C=O) groups is 1. The van der Waals surface area contributed by atoms with Gasteiger partial charge >= 0.3 is 6.09 Å². The fraction of sp³-hybridized carbons (Fsp3) is 0.655. The van der Waals surface area contributed by atoms with Crippen molar-refractivity contribution in [2.24, 2.45) is 5.92 Å². The van der Waals surface area contributed by atoms with E-state index in [9.17, 15) is 9.90 Å². The molecule has 2 aliphatic heterocycles. The van der Waals surface area contributed by atoms with Crippen LogP contribution in [0.3, 0.4) is 0 Å². The Balaban J connectivity index is 0.00000109. The van der Waals surface area contributed by atoms with E-state index in [0.717, 1.165) is 67.4 Å². The topological polar surface area (TPSA) is 85.0 Å². The molecule has 1 aromatic carbocycles. The van der Waals surface area contributed by atoms with Gasteiger partial charge in [-0.15, -0.1) is 0 Å². The molecule has 0 atom stereocenters. The maximum atomic E-state index is 12.3. The summed E-state index contributed by atoms with van der Waals surface area (Å²) in [7, 11) is 0. The van der Waals surface area contributed by atoms with Crippen LogP contribution >= 0.6 is 0 Å². The molecule has 2 aliphatic rings. The number of piperidine rings is 1. The van der Waals surface area contributed by atoms with Crippen LogP contribution in [0.25, 0.3) is 16.5 Å². The highest BCUT2D eigenvalue weighted by Gasteiger charge is 2.27. The van der Waals surface area contributed by atoms with Crippen LogP contribution in [0.4, 0.5) is 4.79 Å². The molecule has 0 bridgehead atoms. The van der Waals surface area contributed by atoms with Crippen LogP contribution in [0.15, 0.2) is 22.7 Å². The van der Waals surface area contributed by atoms with Crippen molar-refractivity contribution < 1.29 is 23.9 Å². The minimum Gasteiger partial charge on any atom is -0.444 e.